The van der Waals surface area contributed by atoms with Crippen LogP contribution in [0.2, 0.25) is 0 Å². The number of phenols is 1. The van der Waals surface area contributed by atoms with Gasteiger partial charge in [-0.2, -0.15) is 0 Å². The Hall–Kier alpha value is -1.33. The quantitative estimate of drug-likeness (QED) is 0.727. The van der Waals surface area contributed by atoms with Crippen molar-refractivity contribution in [3.05, 3.63) is 29.6 Å². The molecular formula is C9H11ClFNO3. The van der Waals surface area contributed by atoms with Crippen molar-refractivity contribution in [1.82, 2.24) is 0 Å². The van der Waals surface area contributed by atoms with E-state index in [1.807, 2.05) is 0 Å². The minimum absolute atomic E-state index is 0. The van der Waals surface area contributed by atoms with E-state index in [2.05, 4.69) is 0 Å². The van der Waals surface area contributed by atoms with Crippen LogP contribution in [-0.2, 0) is 11.2 Å². The fraction of sp³-hybridized carbons (Fsp3) is 0.222. The van der Waals surface area contributed by atoms with Crippen molar-refractivity contribution in [2.24, 2.45) is 5.73 Å². The zero-order valence-corrected chi connectivity index (χ0v) is 8.50. The average Bonchev–Trinajstić information content (AvgIpc) is 2.11. The van der Waals surface area contributed by atoms with Crippen molar-refractivity contribution in [1.29, 1.82) is 0 Å². The van der Waals surface area contributed by atoms with Gasteiger partial charge in [-0.25, -0.2) is 4.39 Å². The minimum atomic E-state index is -1.14. The van der Waals surface area contributed by atoms with Gasteiger partial charge in [0.1, 0.15) is 6.04 Å². The molecule has 0 spiro atoms. The summed E-state index contributed by atoms with van der Waals surface area (Å²) in [7, 11) is 0. The van der Waals surface area contributed by atoms with Gasteiger partial charge < -0.3 is 15.9 Å². The second-order valence-electron chi connectivity index (χ2n) is 2.93. The van der Waals surface area contributed by atoms with E-state index in [-0.39, 0.29) is 18.8 Å². The third-order valence-electron chi connectivity index (χ3n) is 1.78. The first kappa shape index (κ1) is 13.7. The van der Waals surface area contributed by atoms with Crippen LogP contribution in [0.1, 0.15) is 5.56 Å². The molecule has 0 unspecified atom stereocenters. The van der Waals surface area contributed by atoms with Gasteiger partial charge in [-0.15, -0.1) is 12.4 Å². The van der Waals surface area contributed by atoms with Gasteiger partial charge in [0, 0.05) is 0 Å². The van der Waals surface area contributed by atoms with E-state index >= 15 is 0 Å². The molecule has 0 amide bonds. The number of carboxylic acid groups (broad SMARTS) is 1. The summed E-state index contributed by atoms with van der Waals surface area (Å²) < 4.78 is 12.8. The summed E-state index contributed by atoms with van der Waals surface area (Å²) in [5, 5.41) is 17.4. The predicted molar refractivity (Wildman–Crippen MR) is 54.6 cm³/mol. The Morgan fingerprint density at radius 3 is 2.60 bits per heavy atom. The molecule has 1 rings (SSSR count). The number of hydrogen-bond acceptors (Lipinski definition) is 3. The van der Waals surface area contributed by atoms with Gasteiger partial charge in [-0.05, 0) is 24.1 Å². The molecule has 0 radical (unpaired) electrons. The largest absolute Gasteiger partial charge is 0.505 e. The summed E-state index contributed by atoms with van der Waals surface area (Å²) in [5.41, 5.74) is 5.69. The highest BCUT2D eigenvalue weighted by Crippen LogP contribution is 2.16. The number of benzene rings is 1. The van der Waals surface area contributed by atoms with Crippen LogP contribution in [0.3, 0.4) is 0 Å². The molecule has 6 heteroatoms. The lowest BCUT2D eigenvalue weighted by atomic mass is 10.1. The Morgan fingerprint density at radius 1 is 1.53 bits per heavy atom. The summed E-state index contributed by atoms with van der Waals surface area (Å²) in [4.78, 5) is 10.4. The van der Waals surface area contributed by atoms with Crippen molar-refractivity contribution < 1.29 is 19.4 Å². The number of carboxylic acids is 1. The molecule has 0 fully saturated rings. The van der Waals surface area contributed by atoms with Crippen molar-refractivity contribution in [2.45, 2.75) is 12.5 Å². The summed E-state index contributed by atoms with van der Waals surface area (Å²) in [6.45, 7) is 0. The summed E-state index contributed by atoms with van der Waals surface area (Å²) in [6.07, 6.45) is 0.0343. The van der Waals surface area contributed by atoms with Gasteiger partial charge in [0.15, 0.2) is 11.6 Å². The summed E-state index contributed by atoms with van der Waals surface area (Å²) >= 11 is 0. The number of aromatic hydroxyl groups is 1. The fourth-order valence-corrected chi connectivity index (χ4v) is 1.02. The highest BCUT2D eigenvalue weighted by atomic mass is 35.5. The van der Waals surface area contributed by atoms with Crippen LogP contribution in [0, 0.1) is 5.82 Å². The number of rotatable bonds is 3. The highest BCUT2D eigenvalue weighted by Gasteiger charge is 2.12. The number of aliphatic carboxylic acids is 1. The number of carbonyl (C=O) groups is 1. The smallest absolute Gasteiger partial charge is 0.320 e. The van der Waals surface area contributed by atoms with E-state index in [1.165, 1.54) is 12.1 Å². The maximum atomic E-state index is 12.8. The Bertz CT molecular complexity index is 359. The van der Waals surface area contributed by atoms with E-state index in [0.29, 0.717) is 5.56 Å². The Morgan fingerprint density at radius 2 is 2.13 bits per heavy atom. The van der Waals surface area contributed by atoms with Crippen LogP contribution in [0.15, 0.2) is 18.2 Å². The first-order chi connectivity index (χ1) is 6.50. The third-order valence-corrected chi connectivity index (χ3v) is 1.78. The van der Waals surface area contributed by atoms with Crippen molar-refractivity contribution in [3.8, 4) is 5.75 Å². The van der Waals surface area contributed by atoms with Gasteiger partial charge in [0.2, 0.25) is 0 Å². The lowest BCUT2D eigenvalue weighted by Gasteiger charge is -2.06. The third kappa shape index (κ3) is 3.73. The molecule has 0 aliphatic heterocycles. The van der Waals surface area contributed by atoms with Crippen LogP contribution in [0.5, 0.6) is 5.75 Å². The predicted octanol–water partition coefficient (Wildman–Crippen LogP) is 0.908. The molecule has 0 aliphatic carbocycles. The van der Waals surface area contributed by atoms with Gasteiger partial charge in [0.05, 0.1) is 0 Å². The SMILES string of the molecule is Cl.N[C@H](Cc1ccc(O)c(F)c1)C(=O)O. The number of nitrogens with two attached hydrogens (primary N) is 1. The summed E-state index contributed by atoms with van der Waals surface area (Å²) in [5.74, 6) is -2.38. The van der Waals surface area contributed by atoms with Crippen LogP contribution in [-0.4, -0.2) is 22.2 Å². The molecule has 1 atom stereocenters. The maximum Gasteiger partial charge on any atom is 0.320 e. The van der Waals surface area contributed by atoms with E-state index in [9.17, 15) is 9.18 Å². The van der Waals surface area contributed by atoms with Crippen LogP contribution in [0.25, 0.3) is 0 Å². The molecule has 0 saturated carbocycles. The average molecular weight is 236 g/mol. The molecule has 84 valence electrons. The number of phenolic OH excluding ortho intramolecular Hbond substituents is 1. The molecule has 0 bridgehead atoms. The molecule has 0 saturated heterocycles. The molecule has 1 aromatic carbocycles. The Labute approximate surface area is 91.9 Å². The topological polar surface area (TPSA) is 83.5 Å². The maximum absolute atomic E-state index is 12.8. The van der Waals surface area contributed by atoms with Gasteiger partial charge in [0.25, 0.3) is 0 Å². The molecular weight excluding hydrogens is 225 g/mol. The van der Waals surface area contributed by atoms with Crippen molar-refractivity contribution >= 4 is 18.4 Å². The number of halogens is 2. The zero-order chi connectivity index (χ0) is 10.7. The van der Waals surface area contributed by atoms with E-state index < -0.39 is 23.6 Å². The number of hydrogen-bond donors (Lipinski definition) is 3. The monoisotopic (exact) mass is 235 g/mol. The molecule has 0 aliphatic rings. The van der Waals surface area contributed by atoms with E-state index in [1.54, 1.807) is 0 Å². The molecule has 4 nitrogen and oxygen atoms in total. The lowest BCUT2D eigenvalue weighted by molar-refractivity contribution is -0.138. The molecule has 4 N–H and O–H groups in total. The first-order valence-corrected chi connectivity index (χ1v) is 3.96. The Balaban J connectivity index is 0.00000196. The first-order valence-electron chi connectivity index (χ1n) is 3.96. The van der Waals surface area contributed by atoms with Crippen LogP contribution < -0.4 is 5.73 Å². The standard InChI is InChI=1S/C9H10FNO3.ClH/c10-6-3-5(1-2-8(6)12)4-7(11)9(13)14;/h1-3,7,12H,4,11H2,(H,13,14);1H/t7-;/m1./s1. The lowest BCUT2D eigenvalue weighted by Crippen LogP contribution is -2.32. The fourth-order valence-electron chi connectivity index (χ4n) is 1.02. The van der Waals surface area contributed by atoms with Crippen molar-refractivity contribution in [3.63, 3.8) is 0 Å². The summed E-state index contributed by atoms with van der Waals surface area (Å²) in [6, 6.07) is 2.61. The Kier molecular flexibility index (Phi) is 5.04. The second-order valence-corrected chi connectivity index (χ2v) is 2.93. The van der Waals surface area contributed by atoms with Gasteiger partial charge >= 0.3 is 5.97 Å². The van der Waals surface area contributed by atoms with Crippen molar-refractivity contribution in [2.75, 3.05) is 0 Å². The normalized spacial score (nSPS) is 11.6. The molecule has 0 aromatic heterocycles. The zero-order valence-electron chi connectivity index (χ0n) is 7.68. The molecule has 1 aromatic rings. The van der Waals surface area contributed by atoms with Crippen LogP contribution in [0.4, 0.5) is 4.39 Å². The molecule has 15 heavy (non-hydrogen) atoms. The highest BCUT2D eigenvalue weighted by molar-refractivity contribution is 5.85. The molecule has 0 heterocycles. The van der Waals surface area contributed by atoms with Gasteiger partial charge in [-0.3, -0.25) is 4.79 Å². The second kappa shape index (κ2) is 5.53. The van der Waals surface area contributed by atoms with E-state index in [0.717, 1.165) is 6.07 Å². The minimum Gasteiger partial charge on any atom is -0.505 e. The van der Waals surface area contributed by atoms with Crippen LogP contribution >= 0.6 is 12.4 Å². The van der Waals surface area contributed by atoms with E-state index in [4.69, 9.17) is 15.9 Å². The van der Waals surface area contributed by atoms with Gasteiger partial charge in [-0.1, -0.05) is 6.07 Å².